The minimum absolute atomic E-state index is 0.105. The Kier molecular flexibility index (Phi) is 4.24. The number of hydrogen-bond donors (Lipinski definition) is 1. The first-order valence-corrected chi connectivity index (χ1v) is 8.50. The Labute approximate surface area is 133 Å². The van der Waals surface area contributed by atoms with Crippen LogP contribution in [0.5, 0.6) is 0 Å². The van der Waals surface area contributed by atoms with Gasteiger partial charge in [0, 0.05) is 25.0 Å². The summed E-state index contributed by atoms with van der Waals surface area (Å²) in [6.07, 6.45) is 2.82. The molecular weight excluding hydrogens is 320 g/mol. The zero-order valence-corrected chi connectivity index (χ0v) is 13.3. The van der Waals surface area contributed by atoms with Gasteiger partial charge in [-0.05, 0) is 19.1 Å². The third-order valence-electron chi connectivity index (χ3n) is 3.54. The van der Waals surface area contributed by atoms with E-state index in [0.717, 1.165) is 0 Å². The smallest absolute Gasteiger partial charge is 0.251 e. The van der Waals surface area contributed by atoms with Gasteiger partial charge in [0.25, 0.3) is 5.56 Å². The lowest BCUT2D eigenvalue weighted by Gasteiger charge is -2.34. The maximum atomic E-state index is 12.9. The molecule has 0 saturated carbocycles. The fourth-order valence-corrected chi connectivity index (χ4v) is 4.05. The summed E-state index contributed by atoms with van der Waals surface area (Å²) in [5.74, 6) is 0.428. The first-order valence-electron chi connectivity index (χ1n) is 7.06. The van der Waals surface area contributed by atoms with Gasteiger partial charge < -0.3 is 9.72 Å². The van der Waals surface area contributed by atoms with E-state index >= 15 is 0 Å². The molecule has 0 bridgehead atoms. The molecule has 0 spiro atoms. The first-order chi connectivity index (χ1) is 11.0. The molecule has 122 valence electrons. The number of aromatic amines is 1. The molecule has 0 radical (unpaired) electrons. The molecule has 0 unspecified atom stereocenters. The lowest BCUT2D eigenvalue weighted by Crippen LogP contribution is -2.44. The lowest BCUT2D eigenvalue weighted by molar-refractivity contribution is 0.0304. The second-order valence-electron chi connectivity index (χ2n) is 5.15. The van der Waals surface area contributed by atoms with Crippen LogP contribution in [0.3, 0.4) is 0 Å². The molecule has 23 heavy (non-hydrogen) atoms. The normalized spacial score (nSPS) is 19.6. The van der Waals surface area contributed by atoms with Gasteiger partial charge in [-0.3, -0.25) is 9.78 Å². The van der Waals surface area contributed by atoms with Crippen LogP contribution >= 0.6 is 0 Å². The van der Waals surface area contributed by atoms with E-state index < -0.39 is 16.1 Å². The minimum atomic E-state index is -3.75. The fourth-order valence-electron chi connectivity index (χ4n) is 2.52. The predicted octanol–water partition coefficient (Wildman–Crippen LogP) is 0.236. The molecule has 2 aromatic heterocycles. The molecule has 0 amide bonds. The topological polar surface area (TPSA) is 105 Å². The highest BCUT2D eigenvalue weighted by Crippen LogP contribution is 2.28. The van der Waals surface area contributed by atoms with Gasteiger partial charge >= 0.3 is 0 Å². The van der Waals surface area contributed by atoms with Gasteiger partial charge in [0.05, 0.1) is 24.9 Å². The highest BCUT2D eigenvalue weighted by atomic mass is 32.2. The third-order valence-corrected chi connectivity index (χ3v) is 5.43. The molecule has 1 N–H and O–H groups in total. The van der Waals surface area contributed by atoms with Crippen molar-refractivity contribution < 1.29 is 13.2 Å². The SMILES string of the molecule is Cc1nc([C@H]2COCCN2S(=O)(=O)c2cccnc2)cc(=O)[nH]1. The number of morpholine rings is 1. The monoisotopic (exact) mass is 336 g/mol. The van der Waals surface area contributed by atoms with Gasteiger partial charge in [-0.15, -0.1) is 0 Å². The van der Waals surface area contributed by atoms with Crippen molar-refractivity contribution in [1.82, 2.24) is 19.3 Å². The molecule has 8 nitrogen and oxygen atoms in total. The number of ether oxygens (including phenoxy) is 1. The summed E-state index contributed by atoms with van der Waals surface area (Å²) in [6.45, 7) is 2.28. The minimum Gasteiger partial charge on any atom is -0.378 e. The summed E-state index contributed by atoms with van der Waals surface area (Å²) in [5.41, 5.74) is 0.0511. The molecular formula is C14H16N4O4S. The van der Waals surface area contributed by atoms with Gasteiger partial charge in [-0.2, -0.15) is 4.31 Å². The van der Waals surface area contributed by atoms with Gasteiger partial charge in [-0.1, -0.05) is 0 Å². The van der Waals surface area contributed by atoms with Crippen molar-refractivity contribution in [3.05, 3.63) is 52.5 Å². The van der Waals surface area contributed by atoms with Crippen molar-refractivity contribution >= 4 is 10.0 Å². The largest absolute Gasteiger partial charge is 0.378 e. The fraction of sp³-hybridized carbons (Fsp3) is 0.357. The van der Waals surface area contributed by atoms with Crippen LogP contribution in [0.4, 0.5) is 0 Å². The molecule has 3 heterocycles. The van der Waals surface area contributed by atoms with Crippen molar-refractivity contribution in [2.24, 2.45) is 0 Å². The molecule has 0 aromatic carbocycles. The summed E-state index contributed by atoms with van der Waals surface area (Å²) >= 11 is 0. The maximum absolute atomic E-state index is 12.9. The predicted molar refractivity (Wildman–Crippen MR) is 81.3 cm³/mol. The molecule has 1 saturated heterocycles. The molecule has 1 aliphatic rings. The van der Waals surface area contributed by atoms with E-state index in [4.69, 9.17) is 4.74 Å². The van der Waals surface area contributed by atoms with Crippen molar-refractivity contribution in [1.29, 1.82) is 0 Å². The second-order valence-corrected chi connectivity index (χ2v) is 7.04. The van der Waals surface area contributed by atoms with Crippen molar-refractivity contribution in [2.45, 2.75) is 17.9 Å². The zero-order chi connectivity index (χ0) is 16.4. The van der Waals surface area contributed by atoms with Crippen LogP contribution in [0.1, 0.15) is 17.6 Å². The molecule has 0 aliphatic carbocycles. The van der Waals surface area contributed by atoms with Crippen LogP contribution in [0.25, 0.3) is 0 Å². The maximum Gasteiger partial charge on any atom is 0.251 e. The van der Waals surface area contributed by atoms with E-state index in [-0.39, 0.29) is 30.2 Å². The molecule has 1 atom stereocenters. The van der Waals surface area contributed by atoms with Crippen molar-refractivity contribution in [3.63, 3.8) is 0 Å². The number of pyridine rings is 1. The Morgan fingerprint density at radius 3 is 2.96 bits per heavy atom. The highest BCUT2D eigenvalue weighted by molar-refractivity contribution is 7.89. The Hall–Kier alpha value is -2.10. The number of rotatable bonds is 3. The number of aromatic nitrogens is 3. The standard InChI is InChI=1S/C14H16N4O4S/c1-10-16-12(7-14(19)17-10)13-9-22-6-5-18(13)23(20,21)11-3-2-4-15-8-11/h2-4,7-8,13H,5-6,9H2,1H3,(H,16,17,19)/t13-/m1/s1. The summed E-state index contributed by atoms with van der Waals surface area (Å²) in [4.78, 5) is 22.4. The van der Waals surface area contributed by atoms with Gasteiger partial charge in [0.1, 0.15) is 10.7 Å². The Bertz CT molecular complexity index is 851. The van der Waals surface area contributed by atoms with Gasteiger partial charge in [0.2, 0.25) is 10.0 Å². The van der Waals surface area contributed by atoms with E-state index in [1.807, 2.05) is 0 Å². The van der Waals surface area contributed by atoms with Gasteiger partial charge in [0.15, 0.2) is 0 Å². The van der Waals surface area contributed by atoms with Crippen LogP contribution in [0.15, 0.2) is 40.3 Å². The van der Waals surface area contributed by atoms with Crippen LogP contribution in [0, 0.1) is 6.92 Å². The molecule has 3 rings (SSSR count). The Morgan fingerprint density at radius 2 is 2.26 bits per heavy atom. The van der Waals surface area contributed by atoms with Crippen LogP contribution in [-0.4, -0.2) is 47.4 Å². The first kappa shape index (κ1) is 15.8. The zero-order valence-electron chi connectivity index (χ0n) is 12.5. The average molecular weight is 336 g/mol. The number of nitrogens with one attached hydrogen (secondary N) is 1. The van der Waals surface area contributed by atoms with E-state index in [2.05, 4.69) is 15.0 Å². The molecule has 1 fully saturated rings. The average Bonchev–Trinajstić information content (AvgIpc) is 2.55. The molecule has 9 heteroatoms. The quantitative estimate of drug-likeness (QED) is 0.860. The Morgan fingerprint density at radius 1 is 1.43 bits per heavy atom. The third kappa shape index (κ3) is 3.16. The van der Waals surface area contributed by atoms with Crippen LogP contribution < -0.4 is 5.56 Å². The summed E-state index contributed by atoms with van der Waals surface area (Å²) in [5, 5.41) is 0. The van der Waals surface area contributed by atoms with Crippen LogP contribution in [0.2, 0.25) is 0 Å². The van der Waals surface area contributed by atoms with E-state index in [0.29, 0.717) is 11.5 Å². The molecule has 1 aliphatic heterocycles. The number of H-pyrrole nitrogens is 1. The molecule has 2 aromatic rings. The second kappa shape index (κ2) is 6.19. The summed E-state index contributed by atoms with van der Waals surface area (Å²) in [7, 11) is -3.75. The summed E-state index contributed by atoms with van der Waals surface area (Å²) < 4.78 is 32.4. The van der Waals surface area contributed by atoms with E-state index in [1.54, 1.807) is 13.0 Å². The summed E-state index contributed by atoms with van der Waals surface area (Å²) in [6, 6.07) is 3.72. The highest BCUT2D eigenvalue weighted by Gasteiger charge is 2.36. The Balaban J connectivity index is 2.04. The van der Waals surface area contributed by atoms with E-state index in [1.165, 1.54) is 28.8 Å². The lowest BCUT2D eigenvalue weighted by atomic mass is 10.2. The van der Waals surface area contributed by atoms with Crippen molar-refractivity contribution in [2.75, 3.05) is 19.8 Å². The number of hydrogen-bond acceptors (Lipinski definition) is 6. The van der Waals surface area contributed by atoms with E-state index in [9.17, 15) is 13.2 Å². The number of aryl methyl sites for hydroxylation is 1. The van der Waals surface area contributed by atoms with Crippen molar-refractivity contribution in [3.8, 4) is 0 Å². The van der Waals surface area contributed by atoms with Crippen LogP contribution in [-0.2, 0) is 14.8 Å². The number of nitrogens with zero attached hydrogens (tertiary/aromatic N) is 3. The van der Waals surface area contributed by atoms with Gasteiger partial charge in [-0.25, -0.2) is 13.4 Å². The number of sulfonamides is 1.